The van der Waals surface area contributed by atoms with E-state index in [1.165, 1.54) is 0 Å². The van der Waals surface area contributed by atoms with Crippen LogP contribution in [0.5, 0.6) is 0 Å². The van der Waals surface area contributed by atoms with Gasteiger partial charge < -0.3 is 15.8 Å². The third-order valence-electron chi connectivity index (χ3n) is 4.21. The molecule has 1 aromatic rings. The summed E-state index contributed by atoms with van der Waals surface area (Å²) in [6, 6.07) is 8.09. The summed E-state index contributed by atoms with van der Waals surface area (Å²) in [6.07, 6.45) is 1.08. The van der Waals surface area contributed by atoms with Crippen LogP contribution in [0.3, 0.4) is 0 Å². The fraction of sp³-hybridized carbons (Fsp3) is 0.611. The molecular weight excluding hydrogens is 324 g/mol. The van der Waals surface area contributed by atoms with Crippen molar-refractivity contribution in [2.45, 2.75) is 26.3 Å². The van der Waals surface area contributed by atoms with Gasteiger partial charge in [0.05, 0.1) is 25.8 Å². The normalized spacial score (nSPS) is 17.9. The molecule has 0 amide bonds. The fourth-order valence-corrected chi connectivity index (χ4v) is 3.04. The van der Waals surface area contributed by atoms with E-state index in [1.54, 1.807) is 0 Å². The Hall–Kier alpha value is -1.30. The van der Waals surface area contributed by atoms with Gasteiger partial charge >= 0.3 is 0 Å². The Kier molecular flexibility index (Phi) is 7.82. The lowest BCUT2D eigenvalue weighted by Gasteiger charge is -2.34. The Labute approximate surface area is 150 Å². The third kappa shape index (κ3) is 5.96. The summed E-state index contributed by atoms with van der Waals surface area (Å²) < 4.78 is 5.47. The maximum atomic E-state index is 6.42. The highest BCUT2D eigenvalue weighted by molar-refractivity contribution is 6.31. The van der Waals surface area contributed by atoms with Crippen molar-refractivity contribution in [1.82, 2.24) is 10.2 Å². The Morgan fingerprint density at radius 2 is 2.04 bits per heavy atom. The minimum absolute atomic E-state index is 0.119. The van der Waals surface area contributed by atoms with E-state index in [0.717, 1.165) is 49.9 Å². The van der Waals surface area contributed by atoms with Crippen LogP contribution in [0.15, 0.2) is 29.3 Å². The zero-order valence-electron chi connectivity index (χ0n) is 14.7. The number of ether oxygens (including phenoxy) is 1. The van der Waals surface area contributed by atoms with Gasteiger partial charge in [0.1, 0.15) is 0 Å². The summed E-state index contributed by atoms with van der Waals surface area (Å²) in [7, 11) is 0. The Balaban J connectivity index is 2.04. The van der Waals surface area contributed by atoms with Crippen LogP contribution in [0, 0.1) is 5.92 Å². The highest BCUT2D eigenvalue weighted by atomic mass is 35.5. The van der Waals surface area contributed by atoms with E-state index < -0.39 is 0 Å². The van der Waals surface area contributed by atoms with Gasteiger partial charge in [-0.15, -0.1) is 0 Å². The number of nitrogens with one attached hydrogen (secondary N) is 1. The number of benzene rings is 1. The number of rotatable bonds is 7. The van der Waals surface area contributed by atoms with Gasteiger partial charge in [-0.1, -0.05) is 43.6 Å². The second-order valence-corrected chi connectivity index (χ2v) is 6.93. The number of halogens is 1. The zero-order valence-corrected chi connectivity index (χ0v) is 15.4. The average Bonchev–Trinajstić information content (AvgIpc) is 2.57. The van der Waals surface area contributed by atoms with Crippen molar-refractivity contribution in [2.75, 3.05) is 39.4 Å². The predicted octanol–water partition coefficient (Wildman–Crippen LogP) is 2.66. The van der Waals surface area contributed by atoms with Gasteiger partial charge in [-0.2, -0.15) is 0 Å². The summed E-state index contributed by atoms with van der Waals surface area (Å²) in [6.45, 7) is 9.07. The van der Waals surface area contributed by atoms with Crippen molar-refractivity contribution in [3.05, 3.63) is 34.9 Å². The van der Waals surface area contributed by atoms with Gasteiger partial charge in [0, 0.05) is 24.7 Å². The molecule has 0 radical (unpaired) electrons. The van der Waals surface area contributed by atoms with Crippen LogP contribution in [-0.4, -0.2) is 50.3 Å². The van der Waals surface area contributed by atoms with Crippen LogP contribution in [0.25, 0.3) is 0 Å². The molecular formula is C18H29ClN4O. The van der Waals surface area contributed by atoms with Gasteiger partial charge in [0.15, 0.2) is 5.96 Å². The summed E-state index contributed by atoms with van der Waals surface area (Å²) in [5.74, 6) is 1.15. The number of nitrogens with zero attached hydrogens (tertiary/aromatic N) is 2. The van der Waals surface area contributed by atoms with Crippen molar-refractivity contribution in [3.8, 4) is 0 Å². The largest absolute Gasteiger partial charge is 0.379 e. The monoisotopic (exact) mass is 352 g/mol. The maximum Gasteiger partial charge on any atom is 0.188 e. The van der Waals surface area contributed by atoms with E-state index in [9.17, 15) is 0 Å². The van der Waals surface area contributed by atoms with E-state index in [0.29, 0.717) is 18.4 Å². The van der Waals surface area contributed by atoms with Crippen LogP contribution in [-0.2, 0) is 4.74 Å². The van der Waals surface area contributed by atoms with E-state index >= 15 is 0 Å². The molecule has 0 aromatic heterocycles. The topological polar surface area (TPSA) is 62.9 Å². The molecule has 0 spiro atoms. The molecule has 0 bridgehead atoms. The van der Waals surface area contributed by atoms with Crippen LogP contribution in [0.1, 0.15) is 31.9 Å². The van der Waals surface area contributed by atoms with E-state index in [4.69, 9.17) is 22.1 Å². The van der Waals surface area contributed by atoms with Crippen LogP contribution >= 0.6 is 11.6 Å². The number of morpholine rings is 1. The second kappa shape index (κ2) is 9.87. The quantitative estimate of drug-likeness (QED) is 0.585. The van der Waals surface area contributed by atoms with E-state index in [1.807, 2.05) is 18.2 Å². The van der Waals surface area contributed by atoms with Crippen LogP contribution in [0.2, 0.25) is 5.02 Å². The first kappa shape index (κ1) is 19.0. The number of aliphatic imine (C=N–C) groups is 1. The zero-order chi connectivity index (χ0) is 17.4. The van der Waals surface area contributed by atoms with E-state index in [2.05, 4.69) is 35.1 Å². The Morgan fingerprint density at radius 1 is 1.33 bits per heavy atom. The molecule has 1 aromatic carbocycles. The number of nitrogens with two attached hydrogens (primary N) is 1. The summed E-state index contributed by atoms with van der Waals surface area (Å²) in [5, 5.41) is 3.96. The lowest BCUT2D eigenvalue weighted by atomic mass is 10.0. The first-order chi connectivity index (χ1) is 11.6. The highest BCUT2D eigenvalue weighted by Gasteiger charge is 2.24. The first-order valence-electron chi connectivity index (χ1n) is 8.68. The van der Waals surface area contributed by atoms with Gasteiger partial charge in [-0.25, -0.2) is 0 Å². The molecule has 1 fully saturated rings. The smallest absolute Gasteiger partial charge is 0.188 e. The Morgan fingerprint density at radius 3 is 2.71 bits per heavy atom. The van der Waals surface area contributed by atoms with Crippen LogP contribution in [0.4, 0.5) is 0 Å². The maximum absolute atomic E-state index is 6.42. The molecule has 1 unspecified atom stereocenters. The van der Waals surface area contributed by atoms with Crippen molar-refractivity contribution in [3.63, 3.8) is 0 Å². The van der Waals surface area contributed by atoms with Crippen molar-refractivity contribution in [1.29, 1.82) is 0 Å². The molecule has 0 aliphatic carbocycles. The lowest BCUT2D eigenvalue weighted by molar-refractivity contribution is 0.0180. The molecule has 1 aliphatic heterocycles. The summed E-state index contributed by atoms with van der Waals surface area (Å²) in [5.41, 5.74) is 7.11. The molecule has 0 saturated carbocycles. The molecule has 3 N–H and O–H groups in total. The number of hydrogen-bond donors (Lipinski definition) is 2. The molecule has 1 heterocycles. The molecule has 5 nitrogen and oxygen atoms in total. The predicted molar refractivity (Wildman–Crippen MR) is 101 cm³/mol. The van der Waals surface area contributed by atoms with Gasteiger partial charge in [0.25, 0.3) is 0 Å². The SMILES string of the molecule is CC(C)CCNC(N)=NCC(c1ccccc1Cl)N1CCOCC1. The number of hydrogen-bond acceptors (Lipinski definition) is 3. The van der Waals surface area contributed by atoms with E-state index in [-0.39, 0.29) is 6.04 Å². The van der Waals surface area contributed by atoms with Gasteiger partial charge in [-0.05, 0) is 24.0 Å². The van der Waals surface area contributed by atoms with Crippen molar-refractivity contribution < 1.29 is 4.74 Å². The standard InChI is InChI=1S/C18H29ClN4O/c1-14(2)7-8-21-18(20)22-13-17(23-9-11-24-12-10-23)15-5-3-4-6-16(15)19/h3-6,14,17H,7-13H2,1-2H3,(H3,20,21,22). The molecule has 24 heavy (non-hydrogen) atoms. The average molecular weight is 353 g/mol. The van der Waals surface area contributed by atoms with Crippen LogP contribution < -0.4 is 11.1 Å². The number of guanidine groups is 1. The fourth-order valence-electron chi connectivity index (χ4n) is 2.77. The molecule has 2 rings (SSSR count). The lowest BCUT2D eigenvalue weighted by Crippen LogP contribution is -2.41. The highest BCUT2D eigenvalue weighted by Crippen LogP contribution is 2.28. The van der Waals surface area contributed by atoms with Crippen molar-refractivity contribution in [2.24, 2.45) is 16.6 Å². The summed E-state index contributed by atoms with van der Waals surface area (Å²) >= 11 is 6.42. The first-order valence-corrected chi connectivity index (χ1v) is 9.05. The minimum atomic E-state index is 0.119. The Bertz CT molecular complexity index is 530. The molecule has 1 atom stereocenters. The molecule has 6 heteroatoms. The summed E-state index contributed by atoms with van der Waals surface area (Å²) in [4.78, 5) is 6.93. The third-order valence-corrected chi connectivity index (χ3v) is 4.56. The second-order valence-electron chi connectivity index (χ2n) is 6.52. The minimum Gasteiger partial charge on any atom is -0.379 e. The molecule has 1 aliphatic rings. The van der Waals surface area contributed by atoms with Gasteiger partial charge in [-0.3, -0.25) is 9.89 Å². The molecule has 1 saturated heterocycles. The molecule has 134 valence electrons. The van der Waals surface area contributed by atoms with Gasteiger partial charge in [0.2, 0.25) is 0 Å². The van der Waals surface area contributed by atoms with Crippen molar-refractivity contribution >= 4 is 17.6 Å².